The molecule has 1 aliphatic rings. The Hall–Kier alpha value is -1.000. The third-order valence-electron chi connectivity index (χ3n) is 2.41. The van der Waals surface area contributed by atoms with Crippen LogP contribution in [0.2, 0.25) is 5.02 Å². The van der Waals surface area contributed by atoms with Crippen molar-refractivity contribution in [3.63, 3.8) is 0 Å². The lowest BCUT2D eigenvalue weighted by atomic mass is 10.2. The van der Waals surface area contributed by atoms with Crippen LogP contribution in [0.3, 0.4) is 0 Å². The van der Waals surface area contributed by atoms with Gasteiger partial charge in [-0.15, -0.1) is 11.3 Å². The van der Waals surface area contributed by atoms with Gasteiger partial charge in [0.25, 0.3) is 0 Å². The molecule has 2 aromatic heterocycles. The van der Waals surface area contributed by atoms with Crippen LogP contribution in [0.5, 0.6) is 5.06 Å². The lowest BCUT2D eigenvalue weighted by Gasteiger charge is -2.00. The van der Waals surface area contributed by atoms with E-state index in [1.54, 1.807) is 17.5 Å². The number of fused-ring (bicyclic) bond motifs is 3. The highest BCUT2D eigenvalue weighted by molar-refractivity contribution is 7.14. The van der Waals surface area contributed by atoms with Crippen LogP contribution >= 0.6 is 22.9 Å². The van der Waals surface area contributed by atoms with Crippen molar-refractivity contribution in [3.05, 3.63) is 22.2 Å². The number of aromatic nitrogens is 2. The summed E-state index contributed by atoms with van der Waals surface area (Å²) >= 11 is 7.79. The molecule has 3 heterocycles. The molecule has 3 nitrogen and oxygen atoms in total. The molecule has 2 aromatic rings. The molecule has 5 heteroatoms. The first kappa shape index (κ1) is 9.24. The SMILES string of the molecule is Cc1cc2c(s1)OCCn1ncc(Cl)c1-2. The summed E-state index contributed by atoms with van der Waals surface area (Å²) in [6.07, 6.45) is 1.69. The van der Waals surface area contributed by atoms with Gasteiger partial charge in [-0.05, 0) is 13.0 Å². The zero-order chi connectivity index (χ0) is 10.4. The van der Waals surface area contributed by atoms with E-state index in [0.717, 1.165) is 22.9 Å². The first-order chi connectivity index (χ1) is 7.25. The zero-order valence-electron chi connectivity index (χ0n) is 8.16. The number of halogens is 1. The predicted octanol–water partition coefficient (Wildman–Crippen LogP) is 2.97. The normalized spacial score (nSPS) is 14.0. The first-order valence-corrected chi connectivity index (χ1v) is 5.90. The van der Waals surface area contributed by atoms with Crippen molar-refractivity contribution < 1.29 is 4.74 Å². The molecular weight excluding hydrogens is 232 g/mol. The minimum Gasteiger partial charge on any atom is -0.481 e. The number of aryl methyl sites for hydroxylation is 1. The standard InChI is InChI=1S/C10H9ClN2OS/c1-6-4-7-9-8(11)5-12-13(9)2-3-14-10(7)15-6/h4-5H,2-3H2,1H3. The maximum absolute atomic E-state index is 6.13. The van der Waals surface area contributed by atoms with Gasteiger partial charge in [0.15, 0.2) is 5.06 Å². The van der Waals surface area contributed by atoms with E-state index < -0.39 is 0 Å². The Morgan fingerprint density at radius 3 is 3.33 bits per heavy atom. The van der Waals surface area contributed by atoms with E-state index in [4.69, 9.17) is 16.3 Å². The fourth-order valence-electron chi connectivity index (χ4n) is 1.79. The maximum atomic E-state index is 6.13. The number of rotatable bonds is 0. The minimum absolute atomic E-state index is 0.651. The summed E-state index contributed by atoms with van der Waals surface area (Å²) in [5.74, 6) is 0. The third-order valence-corrected chi connectivity index (χ3v) is 3.65. The second-order valence-electron chi connectivity index (χ2n) is 3.47. The molecule has 3 rings (SSSR count). The largest absolute Gasteiger partial charge is 0.481 e. The molecule has 15 heavy (non-hydrogen) atoms. The van der Waals surface area contributed by atoms with Crippen molar-refractivity contribution in [1.29, 1.82) is 0 Å². The average molecular weight is 241 g/mol. The van der Waals surface area contributed by atoms with Crippen LogP contribution in [0.15, 0.2) is 12.3 Å². The van der Waals surface area contributed by atoms with Crippen LogP contribution in [-0.2, 0) is 6.54 Å². The minimum atomic E-state index is 0.651. The molecule has 0 atom stereocenters. The van der Waals surface area contributed by atoms with Gasteiger partial charge in [0.1, 0.15) is 6.61 Å². The van der Waals surface area contributed by atoms with Gasteiger partial charge < -0.3 is 4.74 Å². The van der Waals surface area contributed by atoms with Crippen molar-refractivity contribution in [2.24, 2.45) is 0 Å². The fourth-order valence-corrected chi connectivity index (χ4v) is 2.91. The molecule has 0 amide bonds. The molecule has 1 aliphatic heterocycles. The van der Waals surface area contributed by atoms with Crippen molar-refractivity contribution in [2.75, 3.05) is 6.61 Å². The van der Waals surface area contributed by atoms with E-state index in [1.165, 1.54) is 4.88 Å². The van der Waals surface area contributed by atoms with Crippen LogP contribution in [0.25, 0.3) is 11.3 Å². The van der Waals surface area contributed by atoms with Crippen LogP contribution in [-0.4, -0.2) is 16.4 Å². The Balaban J connectivity index is 2.29. The fraction of sp³-hybridized carbons (Fsp3) is 0.300. The molecule has 0 N–H and O–H groups in total. The van der Waals surface area contributed by atoms with Gasteiger partial charge in [0.05, 0.1) is 29.0 Å². The second-order valence-corrected chi connectivity index (χ2v) is 5.10. The van der Waals surface area contributed by atoms with Gasteiger partial charge in [0.2, 0.25) is 0 Å². The summed E-state index contributed by atoms with van der Waals surface area (Å²) in [5, 5.41) is 5.88. The highest BCUT2D eigenvalue weighted by Crippen LogP contribution is 2.42. The summed E-state index contributed by atoms with van der Waals surface area (Å²) in [6.45, 7) is 3.47. The van der Waals surface area contributed by atoms with Gasteiger partial charge in [-0.3, -0.25) is 4.68 Å². The third kappa shape index (κ3) is 1.36. The zero-order valence-corrected chi connectivity index (χ0v) is 9.73. The number of hydrogen-bond donors (Lipinski definition) is 0. The lowest BCUT2D eigenvalue weighted by molar-refractivity contribution is 0.308. The highest BCUT2D eigenvalue weighted by Gasteiger charge is 2.21. The second kappa shape index (κ2) is 3.25. The van der Waals surface area contributed by atoms with Crippen LogP contribution < -0.4 is 4.74 Å². The van der Waals surface area contributed by atoms with Crippen molar-refractivity contribution in [1.82, 2.24) is 9.78 Å². The molecule has 0 aromatic carbocycles. The molecule has 78 valence electrons. The molecule has 0 fully saturated rings. The van der Waals surface area contributed by atoms with E-state index in [-0.39, 0.29) is 0 Å². The van der Waals surface area contributed by atoms with E-state index in [0.29, 0.717) is 11.6 Å². The van der Waals surface area contributed by atoms with Crippen molar-refractivity contribution in [2.45, 2.75) is 13.5 Å². The average Bonchev–Trinajstić information content (AvgIpc) is 2.67. The van der Waals surface area contributed by atoms with Gasteiger partial charge in [-0.25, -0.2) is 0 Å². The summed E-state index contributed by atoms with van der Waals surface area (Å²) in [7, 11) is 0. The number of thiophene rings is 1. The quantitative estimate of drug-likeness (QED) is 0.708. The van der Waals surface area contributed by atoms with E-state index >= 15 is 0 Å². The van der Waals surface area contributed by atoms with Gasteiger partial charge in [0, 0.05) is 4.88 Å². The topological polar surface area (TPSA) is 27.1 Å². The Bertz CT molecular complexity index is 517. The molecular formula is C10H9ClN2OS. The van der Waals surface area contributed by atoms with Gasteiger partial charge >= 0.3 is 0 Å². The summed E-state index contributed by atoms with van der Waals surface area (Å²) in [5.41, 5.74) is 2.05. The molecule has 0 bridgehead atoms. The summed E-state index contributed by atoms with van der Waals surface area (Å²) in [6, 6.07) is 2.10. The van der Waals surface area contributed by atoms with Crippen LogP contribution in [0, 0.1) is 6.92 Å². The Morgan fingerprint density at radius 2 is 2.47 bits per heavy atom. The van der Waals surface area contributed by atoms with E-state index in [9.17, 15) is 0 Å². The van der Waals surface area contributed by atoms with Crippen molar-refractivity contribution >= 4 is 22.9 Å². The Kier molecular flexibility index (Phi) is 2.00. The molecule has 0 radical (unpaired) electrons. The van der Waals surface area contributed by atoms with Crippen LogP contribution in [0.4, 0.5) is 0 Å². The molecule has 0 saturated heterocycles. The van der Waals surface area contributed by atoms with Gasteiger partial charge in [-0.2, -0.15) is 5.10 Å². The Morgan fingerprint density at radius 1 is 1.60 bits per heavy atom. The number of hydrogen-bond acceptors (Lipinski definition) is 3. The number of ether oxygens (including phenoxy) is 1. The monoisotopic (exact) mass is 240 g/mol. The molecule has 0 unspecified atom stereocenters. The highest BCUT2D eigenvalue weighted by atomic mass is 35.5. The van der Waals surface area contributed by atoms with Crippen LogP contribution in [0.1, 0.15) is 4.88 Å². The summed E-state index contributed by atoms with van der Waals surface area (Å²) in [4.78, 5) is 1.23. The van der Waals surface area contributed by atoms with Crippen molar-refractivity contribution in [3.8, 4) is 16.3 Å². The van der Waals surface area contributed by atoms with E-state index in [2.05, 4.69) is 18.1 Å². The summed E-state index contributed by atoms with van der Waals surface area (Å²) < 4.78 is 7.57. The molecule has 0 spiro atoms. The molecule has 0 aliphatic carbocycles. The molecule has 0 saturated carbocycles. The number of nitrogens with zero attached hydrogens (tertiary/aromatic N) is 2. The van der Waals surface area contributed by atoms with E-state index in [1.807, 2.05) is 4.68 Å². The van der Waals surface area contributed by atoms with Gasteiger partial charge in [-0.1, -0.05) is 11.6 Å². The first-order valence-electron chi connectivity index (χ1n) is 4.70. The Labute approximate surface area is 96.2 Å². The predicted molar refractivity (Wildman–Crippen MR) is 60.8 cm³/mol. The lowest BCUT2D eigenvalue weighted by Crippen LogP contribution is -2.06. The smallest absolute Gasteiger partial charge is 0.183 e. The maximum Gasteiger partial charge on any atom is 0.183 e.